The number of thioether (sulfide) groups is 1. The maximum atomic E-state index is 13.1. The number of benzene rings is 1. The lowest BCUT2D eigenvalue weighted by atomic mass is 10.2. The number of nitrogens with zero attached hydrogens (tertiary/aromatic N) is 2. The second kappa shape index (κ2) is 10.6. The highest BCUT2D eigenvalue weighted by Crippen LogP contribution is 2.21. The zero-order valence-electron chi connectivity index (χ0n) is 18.3. The van der Waals surface area contributed by atoms with Gasteiger partial charge in [0.15, 0.2) is 5.16 Å². The van der Waals surface area contributed by atoms with E-state index in [4.69, 9.17) is 9.47 Å². The molecule has 0 spiro atoms. The Kier molecular flexibility index (Phi) is 8.38. The van der Waals surface area contributed by atoms with Gasteiger partial charge < -0.3 is 14.0 Å². The van der Waals surface area contributed by atoms with Crippen LogP contribution in [0.25, 0.3) is 0 Å². The molecule has 1 aromatic heterocycles. The molecule has 168 valence electrons. The van der Waals surface area contributed by atoms with Gasteiger partial charge >= 0.3 is 11.9 Å². The molecule has 9 heteroatoms. The fraction of sp³-hybridized carbons (Fsp3) is 0.455. The van der Waals surface area contributed by atoms with Crippen molar-refractivity contribution in [2.75, 3.05) is 0 Å². The number of carbonyl (C=O) groups is 2. The molecule has 0 aliphatic rings. The van der Waals surface area contributed by atoms with E-state index in [0.717, 1.165) is 5.56 Å². The van der Waals surface area contributed by atoms with Gasteiger partial charge in [-0.05, 0) is 52.3 Å². The molecule has 0 atom stereocenters. The lowest BCUT2D eigenvalue weighted by Crippen LogP contribution is -2.29. The normalized spacial score (nSPS) is 11.5. The van der Waals surface area contributed by atoms with Crippen LogP contribution in [0.1, 0.15) is 45.7 Å². The standard InChI is InChI=1S/C22H27FN2O5S/c1-14(2)29-18(26)10-16-11-25(12-19(27)30-22(3,4)5)21(24-20(16)28)31-13-15-6-8-17(23)9-7-15/h6-9,11,14H,10,12-13H2,1-5H3. The predicted octanol–water partition coefficient (Wildman–Crippen LogP) is 3.51. The zero-order valence-corrected chi connectivity index (χ0v) is 19.1. The lowest BCUT2D eigenvalue weighted by molar-refractivity contribution is -0.155. The first-order valence-corrected chi connectivity index (χ1v) is 10.8. The van der Waals surface area contributed by atoms with Gasteiger partial charge in [-0.1, -0.05) is 23.9 Å². The SMILES string of the molecule is CC(C)OC(=O)Cc1cn(CC(=O)OC(C)(C)C)c(SCc2ccc(F)cc2)nc1=O. The number of aromatic nitrogens is 2. The first-order valence-electron chi connectivity index (χ1n) is 9.82. The van der Waals surface area contributed by atoms with Gasteiger partial charge in [-0.25, -0.2) is 4.39 Å². The summed E-state index contributed by atoms with van der Waals surface area (Å²) in [7, 11) is 0. The second-order valence-electron chi connectivity index (χ2n) is 8.20. The summed E-state index contributed by atoms with van der Waals surface area (Å²) in [5.74, 6) is -0.983. The van der Waals surface area contributed by atoms with Crippen LogP contribution in [0.3, 0.4) is 0 Å². The minimum absolute atomic E-state index is 0.125. The Morgan fingerprint density at radius 3 is 2.39 bits per heavy atom. The third kappa shape index (κ3) is 8.53. The molecule has 1 aromatic carbocycles. The number of ether oxygens (including phenoxy) is 2. The quantitative estimate of drug-likeness (QED) is 0.345. The fourth-order valence-electron chi connectivity index (χ4n) is 2.57. The topological polar surface area (TPSA) is 87.5 Å². The summed E-state index contributed by atoms with van der Waals surface area (Å²) in [5, 5.41) is 0.293. The van der Waals surface area contributed by atoms with Crippen LogP contribution >= 0.6 is 11.8 Å². The van der Waals surface area contributed by atoms with E-state index in [9.17, 15) is 18.8 Å². The van der Waals surface area contributed by atoms with E-state index < -0.39 is 23.1 Å². The molecule has 0 aliphatic carbocycles. The lowest BCUT2D eigenvalue weighted by Gasteiger charge is -2.21. The number of hydrogen-bond donors (Lipinski definition) is 0. The Bertz CT molecular complexity index is 981. The molecule has 1 heterocycles. The fourth-order valence-corrected chi connectivity index (χ4v) is 3.49. The van der Waals surface area contributed by atoms with Crippen LogP contribution in [-0.4, -0.2) is 33.2 Å². The number of halogens is 1. The third-order valence-corrected chi connectivity index (χ3v) is 4.79. The van der Waals surface area contributed by atoms with Gasteiger partial charge in [-0.2, -0.15) is 4.98 Å². The van der Waals surface area contributed by atoms with Gasteiger partial charge in [0, 0.05) is 17.5 Å². The van der Waals surface area contributed by atoms with Crippen molar-refractivity contribution in [2.24, 2.45) is 0 Å². The van der Waals surface area contributed by atoms with E-state index in [0.29, 0.717) is 10.9 Å². The van der Waals surface area contributed by atoms with Crippen molar-refractivity contribution in [3.63, 3.8) is 0 Å². The van der Waals surface area contributed by atoms with Crippen molar-refractivity contribution in [3.05, 3.63) is 57.8 Å². The smallest absolute Gasteiger partial charge is 0.326 e. The summed E-state index contributed by atoms with van der Waals surface area (Å²) in [6, 6.07) is 5.96. The monoisotopic (exact) mass is 450 g/mol. The maximum absolute atomic E-state index is 13.1. The van der Waals surface area contributed by atoms with Crippen LogP contribution in [0.2, 0.25) is 0 Å². The Hall–Kier alpha value is -2.68. The summed E-state index contributed by atoms with van der Waals surface area (Å²) in [6.45, 7) is 8.52. The summed E-state index contributed by atoms with van der Waals surface area (Å²) in [6.07, 6.45) is 0.879. The van der Waals surface area contributed by atoms with E-state index in [1.54, 1.807) is 46.8 Å². The highest BCUT2D eigenvalue weighted by molar-refractivity contribution is 7.98. The zero-order chi connectivity index (χ0) is 23.2. The number of esters is 2. The molecule has 0 amide bonds. The summed E-state index contributed by atoms with van der Waals surface area (Å²) in [4.78, 5) is 40.9. The van der Waals surface area contributed by atoms with Crippen LogP contribution in [0.15, 0.2) is 40.4 Å². The molecular weight excluding hydrogens is 423 g/mol. The average molecular weight is 451 g/mol. The Morgan fingerprint density at radius 1 is 1.16 bits per heavy atom. The van der Waals surface area contributed by atoms with Crippen molar-refractivity contribution >= 4 is 23.7 Å². The van der Waals surface area contributed by atoms with Crippen LogP contribution in [0.4, 0.5) is 4.39 Å². The van der Waals surface area contributed by atoms with Crippen molar-refractivity contribution < 1.29 is 23.5 Å². The maximum Gasteiger partial charge on any atom is 0.326 e. The van der Waals surface area contributed by atoms with E-state index in [1.165, 1.54) is 34.7 Å². The predicted molar refractivity (Wildman–Crippen MR) is 115 cm³/mol. The first kappa shape index (κ1) is 24.6. The third-order valence-electron chi connectivity index (χ3n) is 3.73. The minimum Gasteiger partial charge on any atom is -0.463 e. The molecule has 31 heavy (non-hydrogen) atoms. The van der Waals surface area contributed by atoms with Crippen LogP contribution in [-0.2, 0) is 37.8 Å². The van der Waals surface area contributed by atoms with Gasteiger partial charge in [0.1, 0.15) is 18.0 Å². The average Bonchev–Trinajstić information content (AvgIpc) is 2.62. The molecule has 0 saturated heterocycles. The minimum atomic E-state index is -0.672. The Labute approximate surface area is 185 Å². The van der Waals surface area contributed by atoms with Gasteiger partial charge in [-0.3, -0.25) is 14.4 Å². The molecule has 0 radical (unpaired) electrons. The van der Waals surface area contributed by atoms with E-state index in [2.05, 4.69) is 4.98 Å². The molecule has 7 nitrogen and oxygen atoms in total. The van der Waals surface area contributed by atoms with Crippen LogP contribution in [0, 0.1) is 5.82 Å². The Balaban J connectivity index is 2.29. The van der Waals surface area contributed by atoms with Crippen molar-refractivity contribution in [3.8, 4) is 0 Å². The summed E-state index contributed by atoms with van der Waals surface area (Å²) in [5.41, 5.74) is -0.286. The Morgan fingerprint density at radius 2 is 1.81 bits per heavy atom. The largest absolute Gasteiger partial charge is 0.463 e. The molecule has 0 bridgehead atoms. The summed E-state index contributed by atoms with van der Waals surface area (Å²) < 4.78 is 25.1. The summed E-state index contributed by atoms with van der Waals surface area (Å²) >= 11 is 1.22. The van der Waals surface area contributed by atoms with Crippen molar-refractivity contribution in [1.29, 1.82) is 0 Å². The van der Waals surface area contributed by atoms with Gasteiger partial charge in [0.25, 0.3) is 5.56 Å². The van der Waals surface area contributed by atoms with Crippen molar-refractivity contribution in [2.45, 2.75) is 70.2 Å². The molecule has 0 aliphatic heterocycles. The van der Waals surface area contributed by atoms with E-state index in [1.807, 2.05) is 0 Å². The molecule has 0 unspecified atom stereocenters. The van der Waals surface area contributed by atoms with Crippen LogP contribution < -0.4 is 5.56 Å². The molecule has 2 rings (SSSR count). The highest BCUT2D eigenvalue weighted by atomic mass is 32.2. The second-order valence-corrected chi connectivity index (χ2v) is 9.14. The van der Waals surface area contributed by atoms with Gasteiger partial charge in [0.2, 0.25) is 0 Å². The van der Waals surface area contributed by atoms with Gasteiger partial charge in [-0.15, -0.1) is 0 Å². The molecule has 0 saturated carbocycles. The molecule has 2 aromatic rings. The number of hydrogen-bond acceptors (Lipinski definition) is 7. The van der Waals surface area contributed by atoms with Gasteiger partial charge in [0.05, 0.1) is 12.5 Å². The number of carbonyl (C=O) groups excluding carboxylic acids is 2. The molecular formula is C22H27FN2O5S. The van der Waals surface area contributed by atoms with Crippen molar-refractivity contribution in [1.82, 2.24) is 9.55 Å². The highest BCUT2D eigenvalue weighted by Gasteiger charge is 2.20. The number of rotatable bonds is 8. The van der Waals surface area contributed by atoms with E-state index in [-0.39, 0.29) is 30.5 Å². The molecule has 0 fully saturated rings. The van der Waals surface area contributed by atoms with Crippen LogP contribution in [0.5, 0.6) is 0 Å². The molecule has 0 N–H and O–H groups in total. The van der Waals surface area contributed by atoms with E-state index >= 15 is 0 Å². The first-order chi connectivity index (χ1) is 14.4.